The van der Waals surface area contributed by atoms with Crippen LogP contribution in [0.4, 0.5) is 0 Å². The summed E-state index contributed by atoms with van der Waals surface area (Å²) < 4.78 is 144. The summed E-state index contributed by atoms with van der Waals surface area (Å²) in [5, 5.41) is 0.655. The molecular weight excluding hydrogens is 574 g/mol. The molecule has 0 unspecified atom stereocenters. The highest BCUT2D eigenvalue weighted by molar-refractivity contribution is 6.12. The molecule has 4 nitrogen and oxygen atoms in total. The Morgan fingerprint density at radius 1 is 0.447 bits per heavy atom. The fourth-order valence-electron chi connectivity index (χ4n) is 5.48. The van der Waals surface area contributed by atoms with E-state index < -0.39 is 95.7 Å². The summed E-state index contributed by atoms with van der Waals surface area (Å²) in [5.74, 6) is -0.131. The first-order valence-corrected chi connectivity index (χ1v) is 14.4. The van der Waals surface area contributed by atoms with Crippen molar-refractivity contribution < 1.29 is 26.3 Å². The van der Waals surface area contributed by atoms with Gasteiger partial charge in [-0.15, -0.1) is 0 Å². The number of hydrogen-bond acceptors (Lipinski definition) is 4. The van der Waals surface area contributed by atoms with Crippen LogP contribution < -0.4 is 0 Å². The Bertz CT molecular complexity index is 3460. The van der Waals surface area contributed by atoms with Gasteiger partial charge in [-0.2, -0.15) is 0 Å². The van der Waals surface area contributed by atoms with E-state index in [1.165, 1.54) is 0 Å². The molecule has 220 valence electrons. The van der Waals surface area contributed by atoms with Gasteiger partial charge < -0.3 is 4.42 Å². The van der Waals surface area contributed by atoms with E-state index in [0.717, 1.165) is 0 Å². The summed E-state index contributed by atoms with van der Waals surface area (Å²) in [5.41, 5.74) is -0.664. The minimum absolute atomic E-state index is 0.0136. The summed E-state index contributed by atoms with van der Waals surface area (Å²) in [7, 11) is 0. The van der Waals surface area contributed by atoms with Gasteiger partial charge in [-0.3, -0.25) is 0 Å². The molecule has 0 spiro atoms. The Morgan fingerprint density at radius 2 is 1.17 bits per heavy atom. The van der Waals surface area contributed by atoms with Gasteiger partial charge >= 0.3 is 0 Å². The zero-order chi connectivity index (χ0) is 45.1. The van der Waals surface area contributed by atoms with Gasteiger partial charge in [-0.25, -0.2) is 15.0 Å². The van der Waals surface area contributed by atoms with Crippen molar-refractivity contribution in [1.82, 2.24) is 15.0 Å². The lowest BCUT2D eigenvalue weighted by molar-refractivity contribution is 0.669. The maximum absolute atomic E-state index is 9.63. The maximum atomic E-state index is 9.63. The first-order valence-electron chi connectivity index (χ1n) is 22.4. The molecule has 0 N–H and O–H groups in total. The average Bonchev–Trinajstić information content (AvgIpc) is 3.69. The molecule has 0 amide bonds. The Labute approximate surface area is 294 Å². The molecule has 4 heteroatoms. The van der Waals surface area contributed by atoms with Gasteiger partial charge in [0.1, 0.15) is 11.2 Å². The van der Waals surface area contributed by atoms with Crippen molar-refractivity contribution in [3.8, 4) is 56.4 Å². The van der Waals surface area contributed by atoms with Gasteiger partial charge in [-0.1, -0.05) is 139 Å². The van der Waals surface area contributed by atoms with Crippen molar-refractivity contribution >= 4 is 32.7 Å². The molecule has 0 bridgehead atoms. The van der Waals surface area contributed by atoms with Gasteiger partial charge in [0, 0.05) is 27.5 Å². The third-order valence-corrected chi connectivity index (χ3v) is 7.62. The molecule has 0 radical (unpaired) electrons. The molecule has 2 aromatic heterocycles. The monoisotopic (exact) mass is 617 g/mol. The lowest BCUT2D eigenvalue weighted by Crippen LogP contribution is -2.00. The fraction of sp³-hybridized carbons (Fsp3) is 0. The van der Waals surface area contributed by atoms with Crippen molar-refractivity contribution in [2.24, 2.45) is 0 Å². The van der Waals surface area contributed by atoms with Gasteiger partial charge in [0.25, 0.3) is 0 Å². The van der Waals surface area contributed by atoms with Crippen LogP contribution in [0.15, 0.2) is 168 Å². The molecule has 0 fully saturated rings. The number of benzene rings is 7. The summed E-state index contributed by atoms with van der Waals surface area (Å²) in [6.45, 7) is 0. The van der Waals surface area contributed by atoms with Crippen LogP contribution in [0.3, 0.4) is 0 Å². The second kappa shape index (κ2) is 11.2. The van der Waals surface area contributed by atoms with E-state index in [2.05, 4.69) is 4.98 Å². The Hall–Kier alpha value is -6.39. The number of para-hydroxylation sites is 1. The molecule has 0 saturated heterocycles. The van der Waals surface area contributed by atoms with E-state index in [1.807, 2.05) is 0 Å². The second-order valence-electron chi connectivity index (χ2n) is 10.4. The van der Waals surface area contributed by atoms with E-state index in [1.54, 1.807) is 66.7 Å². The number of aromatic nitrogens is 3. The zero-order valence-electron chi connectivity index (χ0n) is 40.1. The van der Waals surface area contributed by atoms with E-state index in [9.17, 15) is 1.37 Å². The minimum Gasteiger partial charge on any atom is -0.456 e. The van der Waals surface area contributed by atoms with Crippen LogP contribution in [0.5, 0.6) is 0 Å². The topological polar surface area (TPSA) is 51.8 Å². The van der Waals surface area contributed by atoms with E-state index in [0.29, 0.717) is 27.5 Å². The third kappa shape index (κ3) is 4.84. The molecule has 2 heterocycles. The zero-order valence-corrected chi connectivity index (χ0v) is 24.1. The fourth-order valence-corrected chi connectivity index (χ4v) is 5.48. The summed E-state index contributed by atoms with van der Waals surface area (Å²) in [6, 6.07) is 9.52. The number of fused-ring (bicyclic) bond motifs is 4. The lowest BCUT2D eigenvalue weighted by Gasteiger charge is -2.12. The first kappa shape index (κ1) is 15.3. The van der Waals surface area contributed by atoms with Gasteiger partial charge in [0.15, 0.2) is 17.5 Å². The van der Waals surface area contributed by atoms with Crippen LogP contribution >= 0.6 is 0 Å². The lowest BCUT2D eigenvalue weighted by atomic mass is 9.97. The molecule has 0 saturated carbocycles. The van der Waals surface area contributed by atoms with E-state index in [-0.39, 0.29) is 62.6 Å². The van der Waals surface area contributed by atoms with Crippen LogP contribution in [0.1, 0.15) is 21.9 Å². The highest BCUT2D eigenvalue weighted by Crippen LogP contribution is 2.38. The molecule has 0 aliphatic rings. The number of hydrogen-bond donors (Lipinski definition) is 0. The molecule has 0 aliphatic heterocycles. The highest BCUT2D eigenvalue weighted by Gasteiger charge is 2.17. The maximum Gasteiger partial charge on any atom is 0.164 e. The van der Waals surface area contributed by atoms with Gasteiger partial charge in [0.05, 0.1) is 21.9 Å². The largest absolute Gasteiger partial charge is 0.456 e. The molecular formula is C43H27N3O. The Morgan fingerprint density at radius 3 is 2.06 bits per heavy atom. The molecule has 0 aliphatic carbocycles. The molecule has 9 rings (SSSR count). The first-order chi connectivity index (χ1) is 29.9. The summed E-state index contributed by atoms with van der Waals surface area (Å²) in [6.07, 6.45) is 0. The minimum atomic E-state index is -0.715. The van der Waals surface area contributed by atoms with Crippen LogP contribution in [-0.2, 0) is 0 Å². The van der Waals surface area contributed by atoms with E-state index >= 15 is 0 Å². The quantitative estimate of drug-likeness (QED) is 0.193. The second-order valence-corrected chi connectivity index (χ2v) is 10.4. The number of furan rings is 1. The average molecular weight is 618 g/mol. The highest BCUT2D eigenvalue weighted by atomic mass is 16.3. The Balaban J connectivity index is 1.33. The molecule has 47 heavy (non-hydrogen) atoms. The Kier molecular flexibility index (Phi) is 3.64. The molecule has 9 aromatic rings. The van der Waals surface area contributed by atoms with Crippen molar-refractivity contribution in [2.45, 2.75) is 0 Å². The molecule has 0 atom stereocenters. The van der Waals surface area contributed by atoms with Crippen molar-refractivity contribution in [3.05, 3.63) is 163 Å². The van der Waals surface area contributed by atoms with Crippen molar-refractivity contribution in [1.29, 1.82) is 0 Å². The third-order valence-electron chi connectivity index (χ3n) is 7.62. The summed E-state index contributed by atoms with van der Waals surface area (Å²) in [4.78, 5) is 14.2. The summed E-state index contributed by atoms with van der Waals surface area (Å²) >= 11 is 0. The predicted octanol–water partition coefficient (Wildman–Crippen LogP) is 11.3. The van der Waals surface area contributed by atoms with E-state index in [4.69, 9.17) is 34.9 Å². The smallest absolute Gasteiger partial charge is 0.164 e. The SMILES string of the molecule is [2H]c1c([2H])c([2H])c(-c2ccc3c(-c4nc(-c5ccccc5)nc(-c5c([2H])c([2H])c([2H])c(-c6c([2H])c([2H])c([2H])c7oc8c([2H])c([2H])c([2H])c([2H])c8c67)c5[2H])n4)cccc3c2)c([2H])c1[2H]. The van der Waals surface area contributed by atoms with Crippen molar-refractivity contribution in [3.63, 3.8) is 0 Å². The standard InChI is InChI=1S/C43H27N3O/c1-3-12-28(13-4-1)30-24-25-34-31(26-30)17-10-21-36(34)43-45-41(29-14-5-2-6-15-29)44-42(46-43)33-18-9-16-32(27-33)35-20-11-23-39-40(35)37-19-7-8-22-38(37)47-39/h1-27H/i1D,3D,4D,7D,8D,9D,11D,12D,13D,16D,18D,19D,20D,22D,23D,27D. The van der Waals surface area contributed by atoms with Crippen LogP contribution in [0.25, 0.3) is 89.1 Å². The predicted molar refractivity (Wildman–Crippen MR) is 192 cm³/mol. The van der Waals surface area contributed by atoms with Gasteiger partial charge in [0.2, 0.25) is 0 Å². The van der Waals surface area contributed by atoms with Crippen LogP contribution in [-0.4, -0.2) is 15.0 Å². The van der Waals surface area contributed by atoms with Crippen LogP contribution in [0, 0.1) is 0 Å². The number of nitrogens with zero attached hydrogens (tertiary/aromatic N) is 3. The van der Waals surface area contributed by atoms with Crippen molar-refractivity contribution in [2.75, 3.05) is 0 Å². The van der Waals surface area contributed by atoms with Gasteiger partial charge in [-0.05, 0) is 57.2 Å². The molecule has 7 aromatic carbocycles. The normalized spacial score (nSPS) is 16.2. The number of rotatable bonds is 5. The van der Waals surface area contributed by atoms with Crippen LogP contribution in [0.2, 0.25) is 0 Å².